The number of hydrogen-bond acceptors (Lipinski definition) is 4. The number of benzene rings is 2. The van der Waals surface area contributed by atoms with Gasteiger partial charge in [-0.15, -0.1) is 0 Å². The SMILES string of the molecule is O=C(O)CCNCCc1ccc(OCCSCc2ccccc2)cc1. The molecule has 5 heteroatoms. The van der Waals surface area contributed by atoms with Crippen molar-refractivity contribution in [1.29, 1.82) is 0 Å². The highest BCUT2D eigenvalue weighted by Gasteiger charge is 1.99. The molecule has 0 aliphatic rings. The molecule has 0 radical (unpaired) electrons. The topological polar surface area (TPSA) is 58.6 Å². The summed E-state index contributed by atoms with van der Waals surface area (Å²) >= 11 is 1.87. The molecule has 0 saturated carbocycles. The van der Waals surface area contributed by atoms with Crippen molar-refractivity contribution in [3.63, 3.8) is 0 Å². The van der Waals surface area contributed by atoms with Gasteiger partial charge in [-0.25, -0.2) is 0 Å². The van der Waals surface area contributed by atoms with Crippen LogP contribution < -0.4 is 10.1 Å². The lowest BCUT2D eigenvalue weighted by Crippen LogP contribution is -2.20. The third kappa shape index (κ3) is 8.61. The first-order valence-corrected chi connectivity index (χ1v) is 9.65. The van der Waals surface area contributed by atoms with E-state index in [1.54, 1.807) is 0 Å². The highest BCUT2D eigenvalue weighted by Crippen LogP contribution is 2.15. The largest absolute Gasteiger partial charge is 0.493 e. The lowest BCUT2D eigenvalue weighted by atomic mass is 10.1. The van der Waals surface area contributed by atoms with E-state index in [-0.39, 0.29) is 6.42 Å². The second-order valence-corrected chi connectivity index (χ2v) is 6.78. The molecule has 0 aromatic heterocycles. The molecule has 0 atom stereocenters. The highest BCUT2D eigenvalue weighted by molar-refractivity contribution is 7.98. The van der Waals surface area contributed by atoms with Gasteiger partial charge in [-0.05, 0) is 36.2 Å². The van der Waals surface area contributed by atoms with Gasteiger partial charge in [0.05, 0.1) is 13.0 Å². The maximum absolute atomic E-state index is 10.4. The predicted molar refractivity (Wildman–Crippen MR) is 103 cm³/mol. The fraction of sp³-hybridized carbons (Fsp3) is 0.350. The van der Waals surface area contributed by atoms with E-state index in [0.717, 1.165) is 30.2 Å². The van der Waals surface area contributed by atoms with Crippen LogP contribution in [0.3, 0.4) is 0 Å². The molecule has 4 nitrogen and oxygen atoms in total. The van der Waals surface area contributed by atoms with Gasteiger partial charge in [0, 0.05) is 18.1 Å². The molecular weight excluding hydrogens is 334 g/mol. The summed E-state index contributed by atoms with van der Waals surface area (Å²) in [5.74, 6) is 2.10. The van der Waals surface area contributed by atoms with Crippen molar-refractivity contribution in [2.45, 2.75) is 18.6 Å². The van der Waals surface area contributed by atoms with Crippen LogP contribution in [0, 0.1) is 0 Å². The third-order valence-electron chi connectivity index (χ3n) is 3.64. The predicted octanol–water partition coefficient (Wildman–Crippen LogP) is 3.61. The number of thioether (sulfide) groups is 1. The molecule has 2 aromatic rings. The smallest absolute Gasteiger partial charge is 0.304 e. The molecule has 0 unspecified atom stereocenters. The fourth-order valence-corrected chi connectivity index (χ4v) is 3.06. The van der Waals surface area contributed by atoms with Crippen LogP contribution in [0.2, 0.25) is 0 Å². The van der Waals surface area contributed by atoms with Crippen molar-refractivity contribution >= 4 is 17.7 Å². The highest BCUT2D eigenvalue weighted by atomic mass is 32.2. The van der Waals surface area contributed by atoms with Gasteiger partial charge < -0.3 is 15.2 Å². The molecule has 0 aliphatic carbocycles. The number of carboxylic acids is 1. The van der Waals surface area contributed by atoms with Gasteiger partial charge in [0.15, 0.2) is 0 Å². The molecule has 0 spiro atoms. The van der Waals surface area contributed by atoms with Crippen molar-refractivity contribution < 1.29 is 14.6 Å². The Labute approximate surface area is 153 Å². The van der Waals surface area contributed by atoms with E-state index in [1.165, 1.54) is 11.1 Å². The first-order valence-electron chi connectivity index (χ1n) is 8.50. The van der Waals surface area contributed by atoms with Crippen molar-refractivity contribution in [2.75, 3.05) is 25.4 Å². The number of hydrogen-bond donors (Lipinski definition) is 2. The molecule has 0 bridgehead atoms. The minimum atomic E-state index is -0.768. The van der Waals surface area contributed by atoms with E-state index in [1.807, 2.05) is 30.0 Å². The zero-order valence-electron chi connectivity index (χ0n) is 14.3. The van der Waals surface area contributed by atoms with Crippen molar-refractivity contribution in [3.05, 3.63) is 65.7 Å². The Hall–Kier alpha value is -1.98. The average molecular weight is 359 g/mol. The number of carbonyl (C=O) groups is 1. The Morgan fingerprint density at radius 1 is 1.00 bits per heavy atom. The lowest BCUT2D eigenvalue weighted by molar-refractivity contribution is -0.136. The average Bonchev–Trinajstić information content (AvgIpc) is 2.63. The Kier molecular flexibility index (Phi) is 8.94. The lowest BCUT2D eigenvalue weighted by Gasteiger charge is -2.08. The fourth-order valence-electron chi connectivity index (χ4n) is 2.29. The number of aliphatic carboxylic acids is 1. The van der Waals surface area contributed by atoms with Gasteiger partial charge in [-0.3, -0.25) is 4.79 Å². The van der Waals surface area contributed by atoms with Crippen molar-refractivity contribution in [2.24, 2.45) is 0 Å². The molecule has 0 fully saturated rings. The van der Waals surface area contributed by atoms with E-state index in [4.69, 9.17) is 9.84 Å². The van der Waals surface area contributed by atoms with E-state index >= 15 is 0 Å². The van der Waals surface area contributed by atoms with E-state index in [9.17, 15) is 4.79 Å². The van der Waals surface area contributed by atoms with Gasteiger partial charge in [-0.2, -0.15) is 11.8 Å². The summed E-state index contributed by atoms with van der Waals surface area (Å²) in [5.41, 5.74) is 2.56. The maximum atomic E-state index is 10.4. The van der Waals surface area contributed by atoms with E-state index in [0.29, 0.717) is 13.2 Å². The van der Waals surface area contributed by atoms with Crippen LogP contribution in [-0.2, 0) is 17.0 Å². The van der Waals surface area contributed by atoms with Crippen LogP contribution >= 0.6 is 11.8 Å². The standard InChI is InChI=1S/C20H25NO3S/c22-20(23)11-13-21-12-10-17-6-8-19(9-7-17)24-14-15-25-16-18-4-2-1-3-5-18/h1-9,21H,10-16H2,(H,22,23). The Bertz CT molecular complexity index is 617. The Balaban J connectivity index is 1.56. The Morgan fingerprint density at radius 2 is 1.76 bits per heavy atom. The second kappa shape index (κ2) is 11.6. The number of nitrogens with one attached hydrogen (secondary N) is 1. The summed E-state index contributed by atoms with van der Waals surface area (Å²) in [6.45, 7) is 1.99. The van der Waals surface area contributed by atoms with Gasteiger partial charge in [0.1, 0.15) is 5.75 Å². The van der Waals surface area contributed by atoms with Crippen molar-refractivity contribution in [1.82, 2.24) is 5.32 Å². The molecular formula is C20H25NO3S. The molecule has 0 aliphatic heterocycles. The van der Waals surface area contributed by atoms with Crippen LogP contribution in [-0.4, -0.2) is 36.5 Å². The molecule has 0 heterocycles. The maximum Gasteiger partial charge on any atom is 0.304 e. The van der Waals surface area contributed by atoms with Gasteiger partial charge in [0.2, 0.25) is 0 Å². The molecule has 0 amide bonds. The molecule has 2 rings (SSSR count). The first-order chi connectivity index (χ1) is 12.2. The van der Waals surface area contributed by atoms with Crippen LogP contribution in [0.4, 0.5) is 0 Å². The van der Waals surface area contributed by atoms with Crippen LogP contribution in [0.25, 0.3) is 0 Å². The van der Waals surface area contributed by atoms with Crippen LogP contribution in [0.5, 0.6) is 5.75 Å². The number of ether oxygens (including phenoxy) is 1. The van der Waals surface area contributed by atoms with Crippen LogP contribution in [0.1, 0.15) is 17.5 Å². The van der Waals surface area contributed by atoms with Gasteiger partial charge in [-0.1, -0.05) is 42.5 Å². The van der Waals surface area contributed by atoms with Gasteiger partial charge in [0.25, 0.3) is 0 Å². The van der Waals surface area contributed by atoms with E-state index < -0.39 is 5.97 Å². The minimum Gasteiger partial charge on any atom is -0.493 e. The summed E-state index contributed by atoms with van der Waals surface area (Å²) in [5, 5.41) is 11.7. The molecule has 2 N–H and O–H groups in total. The zero-order valence-corrected chi connectivity index (χ0v) is 15.1. The number of rotatable bonds is 12. The van der Waals surface area contributed by atoms with E-state index in [2.05, 4.69) is 41.7 Å². The van der Waals surface area contributed by atoms with Crippen molar-refractivity contribution in [3.8, 4) is 5.75 Å². The summed E-state index contributed by atoms with van der Waals surface area (Å²) in [7, 11) is 0. The molecule has 134 valence electrons. The van der Waals surface area contributed by atoms with Gasteiger partial charge >= 0.3 is 5.97 Å². The Morgan fingerprint density at radius 3 is 2.48 bits per heavy atom. The minimum absolute atomic E-state index is 0.162. The molecule has 25 heavy (non-hydrogen) atoms. The second-order valence-electron chi connectivity index (χ2n) is 5.67. The molecule has 0 saturated heterocycles. The zero-order chi connectivity index (χ0) is 17.7. The monoisotopic (exact) mass is 359 g/mol. The third-order valence-corrected chi connectivity index (χ3v) is 4.63. The summed E-state index contributed by atoms with van der Waals surface area (Å²) in [6, 6.07) is 18.6. The first kappa shape index (κ1) is 19.3. The summed E-state index contributed by atoms with van der Waals surface area (Å²) in [4.78, 5) is 10.4. The summed E-state index contributed by atoms with van der Waals surface area (Å²) in [6.07, 6.45) is 1.04. The molecule has 2 aromatic carbocycles. The normalized spacial score (nSPS) is 10.6. The quantitative estimate of drug-likeness (QED) is 0.567. The van der Waals surface area contributed by atoms with Crippen LogP contribution in [0.15, 0.2) is 54.6 Å². The summed E-state index contributed by atoms with van der Waals surface area (Å²) < 4.78 is 5.77. The number of carboxylic acid groups (broad SMARTS) is 1.